The van der Waals surface area contributed by atoms with Gasteiger partial charge in [-0.2, -0.15) is 0 Å². The minimum absolute atomic E-state index is 0.0157. The van der Waals surface area contributed by atoms with Gasteiger partial charge in [-0.05, 0) is 0 Å². The van der Waals surface area contributed by atoms with E-state index < -0.39 is 23.9 Å². The van der Waals surface area contributed by atoms with Gasteiger partial charge in [0.05, 0.1) is 0 Å². The molecule has 0 saturated carbocycles. The van der Waals surface area contributed by atoms with Crippen molar-refractivity contribution in [2.45, 2.75) is 431 Å². The first kappa shape index (κ1) is 74.9. The second-order valence-electron chi connectivity index (χ2n) is 45.7. The molecule has 12 aliphatic carbocycles. The van der Waals surface area contributed by atoms with E-state index >= 15 is 0 Å². The van der Waals surface area contributed by atoms with E-state index in [1.54, 1.807) is 134 Å². The molecule has 0 spiro atoms. The topological polar surface area (TPSA) is 0 Å². The molecule has 0 aliphatic heterocycles. The van der Waals surface area contributed by atoms with Crippen LogP contribution in [0, 0.1) is 0 Å². The molecular formula is C104H142Ge. The quantitative estimate of drug-likeness (QED) is 0.0669. The number of rotatable bonds is 16. The number of fused-ring (bicyclic) bond motifs is 6. The maximum absolute atomic E-state index is 3.09. The van der Waals surface area contributed by atoms with Crippen LogP contribution in [0.25, 0.3) is 0 Å². The average molecular weight is 1460 g/mol. The van der Waals surface area contributed by atoms with Gasteiger partial charge in [-0.25, -0.2) is 0 Å². The van der Waals surface area contributed by atoms with E-state index in [-0.39, 0.29) is 75.8 Å². The summed E-state index contributed by atoms with van der Waals surface area (Å²) in [6.45, 7) is 68.8. The van der Waals surface area contributed by atoms with Gasteiger partial charge < -0.3 is 0 Å². The van der Waals surface area contributed by atoms with E-state index in [9.17, 15) is 0 Å². The van der Waals surface area contributed by atoms with Crippen molar-refractivity contribution in [2.24, 2.45) is 0 Å². The summed E-state index contributed by atoms with van der Waals surface area (Å²) in [5.41, 5.74) is 40.3. The molecule has 4 bridgehead atoms. The average Bonchev–Trinajstić information content (AvgIpc) is 0.633. The predicted octanol–water partition coefficient (Wildman–Crippen LogP) is 28.2. The van der Waals surface area contributed by atoms with Crippen molar-refractivity contribution in [1.82, 2.24) is 0 Å². The van der Waals surface area contributed by atoms with E-state index in [1.165, 1.54) is 154 Å². The fourth-order valence-electron chi connectivity index (χ4n) is 25.2. The van der Waals surface area contributed by atoms with Gasteiger partial charge in [0, 0.05) is 0 Å². The van der Waals surface area contributed by atoms with Crippen LogP contribution in [0.2, 0.25) is 0 Å². The summed E-state index contributed by atoms with van der Waals surface area (Å²) in [6, 6.07) is 36.8. The Bertz CT molecular complexity index is 3850. The molecule has 0 nitrogen and oxygen atoms in total. The first-order valence-electron chi connectivity index (χ1n) is 43.8. The van der Waals surface area contributed by atoms with Gasteiger partial charge in [0.1, 0.15) is 0 Å². The molecule has 105 heavy (non-hydrogen) atoms. The molecule has 1 heteroatoms. The van der Waals surface area contributed by atoms with Crippen molar-refractivity contribution >= 4 is 15.4 Å². The Morgan fingerprint density at radius 3 is 0.467 bits per heavy atom. The van der Waals surface area contributed by atoms with Crippen LogP contribution in [0.1, 0.15) is 480 Å². The molecule has 0 unspecified atom stereocenters. The maximum atomic E-state index is 3.09. The Balaban J connectivity index is 1.16. The number of hydrogen-bond donors (Lipinski definition) is 0. The van der Waals surface area contributed by atoms with Gasteiger partial charge in [-0.15, -0.1) is 0 Å². The van der Waals surface area contributed by atoms with Crippen LogP contribution in [-0.4, -0.2) is 15.4 Å². The van der Waals surface area contributed by atoms with Crippen molar-refractivity contribution in [3.63, 3.8) is 0 Å². The zero-order valence-electron chi connectivity index (χ0n) is 71.8. The van der Waals surface area contributed by atoms with Crippen LogP contribution in [0.3, 0.4) is 0 Å². The van der Waals surface area contributed by atoms with Gasteiger partial charge >= 0.3 is 653 Å². The summed E-state index contributed by atoms with van der Waals surface area (Å²) in [5.74, 6) is 0. The van der Waals surface area contributed by atoms with E-state index in [0.717, 1.165) is 12.8 Å². The first-order chi connectivity index (χ1) is 48.8. The van der Waals surface area contributed by atoms with Gasteiger partial charge in [0.2, 0.25) is 0 Å². The van der Waals surface area contributed by atoms with Crippen molar-refractivity contribution in [3.05, 3.63) is 206 Å². The third-order valence-electron chi connectivity index (χ3n) is 33.3. The van der Waals surface area contributed by atoms with Crippen molar-refractivity contribution in [2.75, 3.05) is 0 Å². The third kappa shape index (κ3) is 10.5. The molecule has 0 heterocycles. The van der Waals surface area contributed by atoms with Gasteiger partial charge in [-0.1, -0.05) is 0 Å². The second-order valence-corrected chi connectivity index (χ2v) is 49.4. The standard InChI is InChI=1S/C104H142Ge/c1-27-29-31-33-35-37-39-101-77-53-65-71(95(15,16)47-41-89(65,3)4)59-83(77)103(84-60-72-66(54-78(84)101)90(5,6)42-48-96(72,17)18,85-61-73-67(55-79(85)101)91(7,8)43-49-97(73,19)20)105-104-86-62-74-68(92(9,10)44-50-98(74,21)22)56-80(86)102(40-38-36-34-32-30-28-2,81-57-69-75(63-87(81)104)99(23,24)51-45-93(69,11)12)82-58-70-76(64-88(82)104)100(25,26)52-46-94(70,13)14/h53-64H,27-52H2,1-26H3. The van der Waals surface area contributed by atoms with Crippen LogP contribution in [0.5, 0.6) is 0 Å². The van der Waals surface area contributed by atoms with E-state index in [1.807, 2.05) is 0 Å². The molecule has 2 radical (unpaired) electrons. The number of hydrogen-bond acceptors (Lipinski definition) is 0. The van der Waals surface area contributed by atoms with Crippen LogP contribution >= 0.6 is 0 Å². The van der Waals surface area contributed by atoms with Gasteiger partial charge in [0.15, 0.2) is 0 Å². The predicted molar refractivity (Wildman–Crippen MR) is 452 cm³/mol. The Morgan fingerprint density at radius 1 is 0.181 bits per heavy atom. The molecule has 6 aromatic carbocycles. The second kappa shape index (κ2) is 23.7. The molecule has 562 valence electrons. The Kier molecular flexibility index (Phi) is 16.9. The normalized spacial score (nSPS) is 28.5. The van der Waals surface area contributed by atoms with Gasteiger partial charge in [-0.3, -0.25) is 0 Å². The summed E-state index contributed by atoms with van der Waals surface area (Å²) < 4.78 is -0.922. The van der Waals surface area contributed by atoms with E-state index in [0.29, 0.717) is 0 Å². The Morgan fingerprint density at radius 2 is 0.314 bits per heavy atom. The molecular weight excluding hydrogens is 1320 g/mol. The van der Waals surface area contributed by atoms with Crippen molar-refractivity contribution in [1.29, 1.82) is 0 Å². The summed E-state index contributed by atoms with van der Waals surface area (Å²) in [5, 5.41) is 0. The summed E-state index contributed by atoms with van der Waals surface area (Å²) in [4.78, 5) is 0. The Hall–Kier alpha value is -4.14. The number of unbranched alkanes of at least 4 members (excludes halogenated alkanes) is 10. The molecule has 0 saturated heterocycles. The van der Waals surface area contributed by atoms with E-state index in [4.69, 9.17) is 0 Å². The van der Waals surface area contributed by atoms with Crippen LogP contribution in [0.15, 0.2) is 72.8 Å². The Labute approximate surface area is 648 Å². The van der Waals surface area contributed by atoms with Crippen LogP contribution < -0.4 is 0 Å². The molecule has 12 aliphatic rings. The monoisotopic (exact) mass is 1470 g/mol. The fraction of sp³-hybridized carbons (Fsp3) is 0.654. The number of benzene rings is 6. The minimum atomic E-state index is -1.45. The van der Waals surface area contributed by atoms with Gasteiger partial charge in [0.25, 0.3) is 0 Å². The molecule has 0 aromatic heterocycles. The van der Waals surface area contributed by atoms with E-state index in [2.05, 4.69) is 253 Å². The molecule has 0 fully saturated rings. The SMILES string of the molecule is CCCCCCCCC12c3cc4c(cc3[C]([Ge][C]35c6cc7c(cc6C(CCCCCCCC)(c6cc8c(cc63)C(C)(C)CCC8(C)C)c3cc6c(cc35)C(C)(C)CCC6(C)C)C(C)(C)CCC7(C)C)(c3cc5c(cc31)C(C)(C)CCC5(C)C)c1cc3c(cc12)C(C)(C)CCC3(C)C)C(C)(C)CCC4(C)C. The van der Waals surface area contributed by atoms with Crippen molar-refractivity contribution in [3.8, 4) is 0 Å². The summed E-state index contributed by atoms with van der Waals surface area (Å²) in [6.07, 6.45) is 32.5. The molecule has 18 rings (SSSR count). The molecule has 6 aromatic rings. The summed E-state index contributed by atoms with van der Waals surface area (Å²) in [7, 11) is 0. The van der Waals surface area contributed by atoms with Crippen LogP contribution in [0.4, 0.5) is 0 Å². The molecule has 0 N–H and O–H groups in total. The fourth-order valence-corrected chi connectivity index (χ4v) is 30.7. The molecule has 0 atom stereocenters. The zero-order valence-corrected chi connectivity index (χ0v) is 73.9. The molecule has 0 amide bonds. The first-order valence-corrected chi connectivity index (χ1v) is 45.9. The third-order valence-corrected chi connectivity index (χ3v) is 38.3. The van der Waals surface area contributed by atoms with Crippen LogP contribution in [-0.2, 0) is 84.3 Å². The summed E-state index contributed by atoms with van der Waals surface area (Å²) >= 11 is -1.45. The van der Waals surface area contributed by atoms with Crippen molar-refractivity contribution < 1.29 is 0 Å². The zero-order chi connectivity index (χ0) is 75.4.